The van der Waals surface area contributed by atoms with Crippen LogP contribution >= 0.6 is 0 Å². The van der Waals surface area contributed by atoms with Crippen molar-refractivity contribution in [1.29, 1.82) is 0 Å². The topological polar surface area (TPSA) is 64.6 Å². The normalized spacial score (nSPS) is 17.4. The Kier molecular flexibility index (Phi) is 4.04. The molecule has 1 N–H and O–H groups in total. The maximum atomic E-state index is 12.7. The summed E-state index contributed by atoms with van der Waals surface area (Å²) in [6.07, 6.45) is 0.589. The number of methoxy groups -OCH3 is 1. The minimum Gasteiger partial charge on any atom is -0.495 e. The minimum atomic E-state index is -3.68. The number of fused-ring (bicyclic) bond motifs is 1. The molecule has 0 aliphatic carbocycles. The fourth-order valence-electron chi connectivity index (χ4n) is 2.56. The molecule has 0 aromatic heterocycles. The Morgan fingerprint density at radius 1 is 1.14 bits per heavy atom. The molecule has 0 bridgehead atoms. The van der Waals surface area contributed by atoms with Crippen LogP contribution in [0.2, 0.25) is 0 Å². The standard InChI is InChI=1S/C16H17NO4S/c1-20-15-8-4-5-9-16(15)22(18,19)17-13-10-11-21-14-7-3-2-6-12(13)14/h2-9,13,17H,10-11H2,1H3/t13-/m0/s1. The van der Waals surface area contributed by atoms with Gasteiger partial charge >= 0.3 is 0 Å². The number of para-hydroxylation sites is 2. The van der Waals surface area contributed by atoms with E-state index in [4.69, 9.17) is 9.47 Å². The number of nitrogens with one attached hydrogen (secondary N) is 1. The van der Waals surface area contributed by atoms with E-state index in [-0.39, 0.29) is 10.9 Å². The predicted octanol–water partition coefficient (Wildman–Crippen LogP) is 2.50. The van der Waals surface area contributed by atoms with E-state index in [0.717, 1.165) is 11.3 Å². The second-order valence-electron chi connectivity index (χ2n) is 5.00. The van der Waals surface area contributed by atoms with Gasteiger partial charge in [-0.3, -0.25) is 0 Å². The molecule has 0 unspecified atom stereocenters. The molecule has 0 fully saturated rings. The summed E-state index contributed by atoms with van der Waals surface area (Å²) in [5.74, 6) is 1.05. The fraction of sp³-hybridized carbons (Fsp3) is 0.250. The van der Waals surface area contributed by atoms with Crippen molar-refractivity contribution >= 4 is 10.0 Å². The van der Waals surface area contributed by atoms with Gasteiger partial charge in [-0.1, -0.05) is 30.3 Å². The van der Waals surface area contributed by atoms with Gasteiger partial charge in [-0.2, -0.15) is 0 Å². The number of hydrogen-bond donors (Lipinski definition) is 1. The molecule has 1 aliphatic rings. The van der Waals surface area contributed by atoms with Crippen LogP contribution in [-0.2, 0) is 10.0 Å². The smallest absolute Gasteiger partial charge is 0.244 e. The highest BCUT2D eigenvalue weighted by Gasteiger charge is 2.28. The average molecular weight is 319 g/mol. The third kappa shape index (κ3) is 2.80. The zero-order valence-corrected chi connectivity index (χ0v) is 13.0. The molecule has 2 aromatic rings. The van der Waals surface area contributed by atoms with Gasteiger partial charge in [-0.25, -0.2) is 13.1 Å². The number of hydrogen-bond acceptors (Lipinski definition) is 4. The molecule has 3 rings (SSSR count). The van der Waals surface area contributed by atoms with Crippen molar-refractivity contribution in [2.24, 2.45) is 0 Å². The van der Waals surface area contributed by atoms with Gasteiger partial charge in [-0.05, 0) is 18.2 Å². The largest absolute Gasteiger partial charge is 0.495 e. The molecule has 0 saturated carbocycles. The minimum absolute atomic E-state index is 0.140. The van der Waals surface area contributed by atoms with Crippen molar-refractivity contribution < 1.29 is 17.9 Å². The lowest BCUT2D eigenvalue weighted by molar-refractivity contribution is 0.263. The van der Waals surface area contributed by atoms with Gasteiger partial charge in [0.1, 0.15) is 16.4 Å². The van der Waals surface area contributed by atoms with Gasteiger partial charge in [0.15, 0.2) is 0 Å². The van der Waals surface area contributed by atoms with E-state index in [2.05, 4.69) is 4.72 Å². The molecule has 2 aromatic carbocycles. The van der Waals surface area contributed by atoms with Crippen LogP contribution in [-0.4, -0.2) is 22.1 Å². The third-order valence-corrected chi connectivity index (χ3v) is 5.13. The van der Waals surface area contributed by atoms with Crippen LogP contribution < -0.4 is 14.2 Å². The molecule has 1 atom stereocenters. The van der Waals surface area contributed by atoms with E-state index in [1.807, 2.05) is 24.3 Å². The molecule has 5 nitrogen and oxygen atoms in total. The lowest BCUT2D eigenvalue weighted by Gasteiger charge is -2.26. The third-order valence-electron chi connectivity index (χ3n) is 3.61. The van der Waals surface area contributed by atoms with Crippen molar-refractivity contribution in [3.8, 4) is 11.5 Å². The SMILES string of the molecule is COc1ccccc1S(=O)(=O)N[C@H]1CCOc2ccccc21. The maximum absolute atomic E-state index is 12.7. The summed E-state index contributed by atoms with van der Waals surface area (Å²) in [6.45, 7) is 0.482. The van der Waals surface area contributed by atoms with E-state index in [1.165, 1.54) is 13.2 Å². The van der Waals surface area contributed by atoms with E-state index in [1.54, 1.807) is 18.2 Å². The summed E-state index contributed by atoms with van der Waals surface area (Å²) in [5.41, 5.74) is 0.854. The highest BCUT2D eigenvalue weighted by Crippen LogP contribution is 2.33. The molecular formula is C16H17NO4S. The molecule has 1 aliphatic heterocycles. The van der Waals surface area contributed by atoms with Gasteiger partial charge in [0.25, 0.3) is 0 Å². The highest BCUT2D eigenvalue weighted by atomic mass is 32.2. The zero-order chi connectivity index (χ0) is 15.6. The Balaban J connectivity index is 1.93. The summed E-state index contributed by atoms with van der Waals surface area (Å²) in [6, 6.07) is 13.7. The molecule has 0 amide bonds. The van der Waals surface area contributed by atoms with Gasteiger partial charge < -0.3 is 9.47 Å². The van der Waals surface area contributed by atoms with Crippen molar-refractivity contribution in [2.75, 3.05) is 13.7 Å². The summed E-state index contributed by atoms with van der Waals surface area (Å²) >= 11 is 0. The maximum Gasteiger partial charge on any atom is 0.244 e. The predicted molar refractivity (Wildman–Crippen MR) is 82.6 cm³/mol. The van der Waals surface area contributed by atoms with Gasteiger partial charge in [-0.15, -0.1) is 0 Å². The van der Waals surface area contributed by atoms with Crippen molar-refractivity contribution in [3.63, 3.8) is 0 Å². The highest BCUT2D eigenvalue weighted by molar-refractivity contribution is 7.89. The monoisotopic (exact) mass is 319 g/mol. The summed E-state index contributed by atoms with van der Waals surface area (Å²) in [5, 5.41) is 0. The molecule has 0 spiro atoms. The van der Waals surface area contributed by atoms with Crippen molar-refractivity contribution in [3.05, 3.63) is 54.1 Å². The molecule has 22 heavy (non-hydrogen) atoms. The van der Waals surface area contributed by atoms with E-state index in [0.29, 0.717) is 18.8 Å². The summed E-state index contributed by atoms with van der Waals surface area (Å²) in [7, 11) is -2.22. The number of rotatable bonds is 4. The van der Waals surface area contributed by atoms with Gasteiger partial charge in [0, 0.05) is 12.0 Å². The van der Waals surface area contributed by atoms with E-state index >= 15 is 0 Å². The Bertz CT molecular complexity index is 773. The number of benzene rings is 2. The van der Waals surface area contributed by atoms with Crippen LogP contribution in [0, 0.1) is 0 Å². The lowest BCUT2D eigenvalue weighted by atomic mass is 10.0. The molecule has 1 heterocycles. The molecule has 0 radical (unpaired) electrons. The Morgan fingerprint density at radius 2 is 1.86 bits per heavy atom. The Hall–Kier alpha value is -2.05. The van der Waals surface area contributed by atoms with Gasteiger partial charge in [0.2, 0.25) is 10.0 Å². The Morgan fingerprint density at radius 3 is 2.68 bits per heavy atom. The van der Waals surface area contributed by atoms with Crippen LogP contribution in [0.15, 0.2) is 53.4 Å². The number of ether oxygens (including phenoxy) is 2. The van der Waals surface area contributed by atoms with Crippen LogP contribution in [0.3, 0.4) is 0 Å². The van der Waals surface area contributed by atoms with Crippen LogP contribution in [0.4, 0.5) is 0 Å². The molecule has 6 heteroatoms. The number of sulfonamides is 1. The molecule has 0 saturated heterocycles. The first-order valence-electron chi connectivity index (χ1n) is 6.99. The van der Waals surface area contributed by atoms with Crippen LogP contribution in [0.1, 0.15) is 18.0 Å². The molecule has 116 valence electrons. The Labute approximate surface area is 129 Å². The van der Waals surface area contributed by atoms with E-state index in [9.17, 15) is 8.42 Å². The van der Waals surface area contributed by atoms with Crippen LogP contribution in [0.5, 0.6) is 11.5 Å². The summed E-state index contributed by atoms with van der Waals surface area (Å²) < 4.78 is 38.8. The molecular weight excluding hydrogens is 302 g/mol. The quantitative estimate of drug-likeness (QED) is 0.940. The van der Waals surface area contributed by atoms with Gasteiger partial charge in [0.05, 0.1) is 19.8 Å². The second-order valence-corrected chi connectivity index (χ2v) is 6.68. The zero-order valence-electron chi connectivity index (χ0n) is 12.2. The van der Waals surface area contributed by atoms with Crippen molar-refractivity contribution in [2.45, 2.75) is 17.4 Å². The van der Waals surface area contributed by atoms with E-state index < -0.39 is 10.0 Å². The first-order valence-corrected chi connectivity index (χ1v) is 8.47. The first-order chi connectivity index (χ1) is 10.6. The van der Waals surface area contributed by atoms with Crippen LogP contribution in [0.25, 0.3) is 0 Å². The first kappa shape index (κ1) is 14.9. The average Bonchev–Trinajstić information content (AvgIpc) is 2.55. The van der Waals surface area contributed by atoms with Crippen molar-refractivity contribution in [1.82, 2.24) is 4.72 Å². The summed E-state index contributed by atoms with van der Waals surface area (Å²) in [4.78, 5) is 0.140. The fourth-order valence-corrected chi connectivity index (χ4v) is 3.98. The second kappa shape index (κ2) is 5.98. The lowest BCUT2D eigenvalue weighted by Crippen LogP contribution is -2.32.